The molecular weight excluding hydrogens is 264 g/mol. The number of rotatable bonds is 3. The van der Waals surface area contributed by atoms with Crippen LogP contribution in [0.5, 0.6) is 0 Å². The van der Waals surface area contributed by atoms with E-state index in [9.17, 15) is 0 Å². The Morgan fingerprint density at radius 2 is 2.17 bits per heavy atom. The molecule has 0 radical (unpaired) electrons. The third kappa shape index (κ3) is 2.39. The third-order valence-electron chi connectivity index (χ3n) is 2.29. The highest BCUT2D eigenvalue weighted by molar-refractivity contribution is 7.22. The van der Waals surface area contributed by atoms with Gasteiger partial charge in [-0.2, -0.15) is 5.10 Å². The quantitative estimate of drug-likeness (QED) is 0.587. The van der Waals surface area contributed by atoms with Crippen LogP contribution in [-0.4, -0.2) is 16.2 Å². The second-order valence-corrected chi connectivity index (χ2v) is 5.74. The number of aryl methyl sites for hydroxylation is 1. The normalized spacial score (nSPS) is 11.4. The van der Waals surface area contributed by atoms with Gasteiger partial charge >= 0.3 is 0 Å². The topological polar surface area (TPSA) is 50.2 Å². The summed E-state index contributed by atoms with van der Waals surface area (Å²) in [6, 6.07) is 8.02. The summed E-state index contributed by atoms with van der Waals surface area (Å²) in [4.78, 5) is 8.72. The molecule has 6 heteroatoms. The van der Waals surface area contributed by atoms with Gasteiger partial charge < -0.3 is 0 Å². The molecule has 2 heterocycles. The molecule has 0 fully saturated rings. The first-order valence-corrected chi connectivity index (χ1v) is 7.08. The lowest BCUT2D eigenvalue weighted by molar-refractivity contribution is 1.26. The molecule has 0 aliphatic carbocycles. The van der Waals surface area contributed by atoms with Crippen LogP contribution in [0, 0.1) is 6.92 Å². The molecule has 3 aromatic rings. The van der Waals surface area contributed by atoms with Crippen LogP contribution in [0.2, 0.25) is 0 Å². The van der Waals surface area contributed by atoms with Crippen LogP contribution in [0.4, 0.5) is 5.13 Å². The number of para-hydroxylation sites is 1. The van der Waals surface area contributed by atoms with E-state index in [1.165, 1.54) is 0 Å². The summed E-state index contributed by atoms with van der Waals surface area (Å²) in [6.07, 6.45) is 1.70. The van der Waals surface area contributed by atoms with Crippen molar-refractivity contribution in [3.05, 3.63) is 40.3 Å². The van der Waals surface area contributed by atoms with Gasteiger partial charge in [-0.05, 0) is 19.1 Å². The van der Waals surface area contributed by atoms with E-state index in [4.69, 9.17) is 0 Å². The molecule has 1 N–H and O–H groups in total. The Hall–Kier alpha value is -1.79. The van der Waals surface area contributed by atoms with E-state index in [1.54, 1.807) is 28.9 Å². The highest BCUT2D eigenvalue weighted by Gasteiger charge is 2.00. The van der Waals surface area contributed by atoms with Crippen molar-refractivity contribution in [3.8, 4) is 0 Å². The molecule has 2 aromatic heterocycles. The fourth-order valence-corrected chi connectivity index (χ4v) is 2.89. The SMILES string of the molecule is Cc1nc(/C=N/Nc2nc3ccccc3s2)cs1. The van der Waals surface area contributed by atoms with Gasteiger partial charge in [-0.25, -0.2) is 9.97 Å². The Bertz CT molecular complexity index is 666. The van der Waals surface area contributed by atoms with Gasteiger partial charge in [-0.1, -0.05) is 23.5 Å². The summed E-state index contributed by atoms with van der Waals surface area (Å²) in [5.41, 5.74) is 4.79. The number of hydrogen-bond acceptors (Lipinski definition) is 6. The summed E-state index contributed by atoms with van der Waals surface area (Å²) in [5.74, 6) is 0. The molecule has 1 aromatic carbocycles. The molecule has 0 bridgehead atoms. The fourth-order valence-electron chi connectivity index (χ4n) is 1.51. The molecule has 18 heavy (non-hydrogen) atoms. The molecule has 0 aliphatic rings. The predicted molar refractivity (Wildman–Crippen MR) is 77.7 cm³/mol. The van der Waals surface area contributed by atoms with Crippen molar-refractivity contribution in [3.63, 3.8) is 0 Å². The Kier molecular flexibility index (Phi) is 3.04. The van der Waals surface area contributed by atoms with Crippen molar-refractivity contribution in [1.29, 1.82) is 0 Å². The molecule has 0 amide bonds. The maximum absolute atomic E-state index is 4.42. The van der Waals surface area contributed by atoms with E-state index >= 15 is 0 Å². The second-order valence-electron chi connectivity index (χ2n) is 3.65. The Morgan fingerprint density at radius 3 is 2.94 bits per heavy atom. The molecule has 90 valence electrons. The van der Waals surface area contributed by atoms with Crippen LogP contribution >= 0.6 is 22.7 Å². The highest BCUT2D eigenvalue weighted by atomic mass is 32.1. The van der Waals surface area contributed by atoms with Gasteiger partial charge in [0.15, 0.2) is 0 Å². The lowest BCUT2D eigenvalue weighted by Crippen LogP contribution is -1.89. The van der Waals surface area contributed by atoms with Crippen molar-refractivity contribution >= 4 is 44.2 Å². The Morgan fingerprint density at radius 1 is 1.28 bits per heavy atom. The van der Waals surface area contributed by atoms with Crippen molar-refractivity contribution in [2.75, 3.05) is 5.43 Å². The van der Waals surface area contributed by atoms with E-state index in [2.05, 4.69) is 20.5 Å². The lowest BCUT2D eigenvalue weighted by atomic mass is 10.3. The van der Waals surface area contributed by atoms with Crippen LogP contribution in [0.3, 0.4) is 0 Å². The van der Waals surface area contributed by atoms with E-state index < -0.39 is 0 Å². The van der Waals surface area contributed by atoms with E-state index in [0.29, 0.717) is 0 Å². The van der Waals surface area contributed by atoms with Crippen molar-refractivity contribution < 1.29 is 0 Å². The van der Waals surface area contributed by atoms with Crippen LogP contribution < -0.4 is 5.43 Å². The van der Waals surface area contributed by atoms with Crippen LogP contribution in [-0.2, 0) is 0 Å². The van der Waals surface area contributed by atoms with Crippen LogP contribution in [0.15, 0.2) is 34.7 Å². The molecule has 0 saturated heterocycles. The second kappa shape index (κ2) is 4.83. The van der Waals surface area contributed by atoms with Crippen molar-refractivity contribution in [1.82, 2.24) is 9.97 Å². The highest BCUT2D eigenvalue weighted by Crippen LogP contribution is 2.25. The smallest absolute Gasteiger partial charge is 0.204 e. The van der Waals surface area contributed by atoms with Crippen molar-refractivity contribution in [2.24, 2.45) is 5.10 Å². The lowest BCUT2D eigenvalue weighted by Gasteiger charge is -1.90. The molecule has 0 saturated carbocycles. The maximum Gasteiger partial charge on any atom is 0.204 e. The van der Waals surface area contributed by atoms with Gasteiger partial charge in [0.1, 0.15) is 0 Å². The van der Waals surface area contributed by atoms with E-state index in [0.717, 1.165) is 26.0 Å². The van der Waals surface area contributed by atoms with Gasteiger partial charge in [0.2, 0.25) is 5.13 Å². The average Bonchev–Trinajstić information content (AvgIpc) is 2.95. The molecule has 0 atom stereocenters. The Balaban J connectivity index is 1.74. The first-order valence-electron chi connectivity index (χ1n) is 5.38. The fraction of sp³-hybridized carbons (Fsp3) is 0.0833. The maximum atomic E-state index is 4.42. The third-order valence-corrected chi connectivity index (χ3v) is 4.02. The zero-order chi connectivity index (χ0) is 12.4. The molecule has 0 spiro atoms. The monoisotopic (exact) mass is 274 g/mol. The summed E-state index contributed by atoms with van der Waals surface area (Å²) < 4.78 is 1.15. The van der Waals surface area contributed by atoms with Crippen molar-refractivity contribution in [2.45, 2.75) is 6.92 Å². The zero-order valence-electron chi connectivity index (χ0n) is 9.62. The Labute approximate surface area is 112 Å². The minimum absolute atomic E-state index is 0.791. The number of fused-ring (bicyclic) bond motifs is 1. The summed E-state index contributed by atoms with van der Waals surface area (Å²) in [7, 11) is 0. The molecule has 0 aliphatic heterocycles. The number of nitrogens with one attached hydrogen (secondary N) is 1. The predicted octanol–water partition coefficient (Wildman–Crippen LogP) is 3.51. The van der Waals surface area contributed by atoms with Gasteiger partial charge in [0.25, 0.3) is 0 Å². The minimum Gasteiger partial charge on any atom is -0.253 e. The summed E-state index contributed by atoms with van der Waals surface area (Å²) in [5, 5.41) is 7.94. The summed E-state index contributed by atoms with van der Waals surface area (Å²) >= 11 is 3.20. The van der Waals surface area contributed by atoms with Crippen LogP contribution in [0.1, 0.15) is 10.7 Å². The van der Waals surface area contributed by atoms with Gasteiger partial charge in [0.05, 0.1) is 27.1 Å². The van der Waals surface area contributed by atoms with Crippen LogP contribution in [0.25, 0.3) is 10.2 Å². The average molecular weight is 274 g/mol. The first-order chi connectivity index (χ1) is 8.81. The molecular formula is C12H10N4S2. The number of aromatic nitrogens is 2. The molecule has 3 rings (SSSR count). The molecule has 0 unspecified atom stereocenters. The van der Waals surface area contributed by atoms with E-state index in [-0.39, 0.29) is 0 Å². The number of anilines is 1. The standard InChI is InChI=1S/C12H10N4S2/c1-8-14-9(7-17-8)6-13-16-12-15-10-4-2-3-5-11(10)18-12/h2-7H,1H3,(H,15,16)/b13-6+. The first kappa shape index (κ1) is 11.3. The number of nitrogens with zero attached hydrogens (tertiary/aromatic N) is 3. The molecule has 4 nitrogen and oxygen atoms in total. The van der Waals surface area contributed by atoms with Gasteiger partial charge in [-0.3, -0.25) is 5.43 Å². The summed E-state index contributed by atoms with van der Waals surface area (Å²) in [6.45, 7) is 1.98. The largest absolute Gasteiger partial charge is 0.253 e. The van der Waals surface area contributed by atoms with Gasteiger partial charge in [0, 0.05) is 5.38 Å². The van der Waals surface area contributed by atoms with E-state index in [1.807, 2.05) is 36.6 Å². The van der Waals surface area contributed by atoms with Gasteiger partial charge in [-0.15, -0.1) is 11.3 Å². The zero-order valence-corrected chi connectivity index (χ0v) is 11.3. The number of benzene rings is 1. The number of hydrogen-bond donors (Lipinski definition) is 1. The number of hydrazone groups is 1. The number of thiazole rings is 2. The minimum atomic E-state index is 0.791.